The molecule has 0 radical (unpaired) electrons. The van der Waals surface area contributed by atoms with Crippen LogP contribution in [-0.2, 0) is 0 Å². The van der Waals surface area contributed by atoms with Gasteiger partial charge in [0.1, 0.15) is 5.82 Å². The van der Waals surface area contributed by atoms with Gasteiger partial charge in [-0.25, -0.2) is 4.39 Å². The maximum absolute atomic E-state index is 13.9. The second-order valence-corrected chi connectivity index (χ2v) is 5.88. The Hall–Kier alpha value is -2.03. The molecule has 1 fully saturated rings. The predicted molar refractivity (Wildman–Crippen MR) is 113 cm³/mol. The lowest BCUT2D eigenvalue weighted by molar-refractivity contribution is 0.355. The first-order valence-electron chi connectivity index (χ1n) is 8.13. The Morgan fingerprint density at radius 2 is 1.85 bits per heavy atom. The quantitative estimate of drug-likeness (QED) is 0.393. The molecule has 2 aromatic carbocycles. The average Bonchev–Trinajstić information content (AvgIpc) is 3.40. The molecule has 2 N–H and O–H groups in total. The minimum Gasteiger partial charge on any atom is -0.493 e. The van der Waals surface area contributed by atoms with Crippen LogP contribution in [0.25, 0.3) is 0 Å². The topological polar surface area (TPSA) is 54.9 Å². The van der Waals surface area contributed by atoms with Crippen LogP contribution in [0, 0.1) is 5.82 Å². The largest absolute Gasteiger partial charge is 0.493 e. The summed E-state index contributed by atoms with van der Waals surface area (Å²) in [7, 11) is 4.90. The molecule has 2 aromatic rings. The van der Waals surface area contributed by atoms with Gasteiger partial charge in [0.05, 0.1) is 14.2 Å². The molecule has 26 heavy (non-hydrogen) atoms. The average molecular weight is 471 g/mol. The molecule has 140 valence electrons. The molecule has 0 spiro atoms. The fourth-order valence-electron chi connectivity index (χ4n) is 2.86. The van der Waals surface area contributed by atoms with Crippen LogP contribution in [0.1, 0.15) is 17.9 Å². The molecule has 0 amide bonds. The van der Waals surface area contributed by atoms with Crippen molar-refractivity contribution in [2.45, 2.75) is 18.4 Å². The summed E-state index contributed by atoms with van der Waals surface area (Å²) in [6, 6.07) is 12.6. The lowest BCUT2D eigenvalue weighted by atomic mass is 10.1. The zero-order valence-electron chi connectivity index (χ0n) is 15.0. The minimum absolute atomic E-state index is 0. The van der Waals surface area contributed by atoms with Gasteiger partial charge in [-0.05, 0) is 30.2 Å². The molecule has 1 aliphatic rings. The normalized spacial score (nSPS) is 18.5. The predicted octanol–water partition coefficient (Wildman–Crippen LogP) is 4.00. The SMILES string of the molecule is CN=C(Nc1ccc(OC)c(OC)c1)NC1CC1c1ccccc1F.I. The second kappa shape index (κ2) is 9.07. The fraction of sp³-hybridized carbons (Fsp3) is 0.316. The van der Waals surface area contributed by atoms with E-state index in [1.807, 2.05) is 30.3 Å². The molecular weight excluding hydrogens is 448 g/mol. The zero-order valence-corrected chi connectivity index (χ0v) is 17.3. The first-order valence-corrected chi connectivity index (χ1v) is 8.13. The van der Waals surface area contributed by atoms with Gasteiger partial charge in [-0.1, -0.05) is 18.2 Å². The van der Waals surface area contributed by atoms with Gasteiger partial charge in [-0.15, -0.1) is 24.0 Å². The zero-order chi connectivity index (χ0) is 17.8. The van der Waals surface area contributed by atoms with Crippen molar-refractivity contribution in [1.29, 1.82) is 0 Å². The van der Waals surface area contributed by atoms with E-state index in [-0.39, 0.29) is 41.8 Å². The van der Waals surface area contributed by atoms with Gasteiger partial charge in [0, 0.05) is 30.8 Å². The highest BCUT2D eigenvalue weighted by Gasteiger charge is 2.40. The van der Waals surface area contributed by atoms with E-state index in [0.717, 1.165) is 17.7 Å². The number of hydrogen-bond acceptors (Lipinski definition) is 3. The van der Waals surface area contributed by atoms with Crippen molar-refractivity contribution in [2.24, 2.45) is 4.99 Å². The van der Waals surface area contributed by atoms with Gasteiger partial charge in [0.25, 0.3) is 0 Å². The number of methoxy groups -OCH3 is 2. The van der Waals surface area contributed by atoms with Crippen LogP contribution in [-0.4, -0.2) is 33.3 Å². The monoisotopic (exact) mass is 471 g/mol. The standard InChI is InChI=1S/C19H22FN3O2.HI/c1-21-19(22-12-8-9-17(24-2)18(10-12)25-3)23-16-11-14(16)13-6-4-5-7-15(13)20;/h4-10,14,16H,11H2,1-3H3,(H2,21,22,23);1H. The van der Waals surface area contributed by atoms with Gasteiger partial charge in [-0.2, -0.15) is 0 Å². The van der Waals surface area contributed by atoms with E-state index < -0.39 is 0 Å². The molecule has 0 saturated heterocycles. The number of anilines is 1. The highest BCUT2D eigenvalue weighted by Crippen LogP contribution is 2.41. The number of guanidine groups is 1. The summed E-state index contributed by atoms with van der Waals surface area (Å²) < 4.78 is 24.4. The third-order valence-corrected chi connectivity index (χ3v) is 4.29. The van der Waals surface area contributed by atoms with E-state index in [1.165, 1.54) is 6.07 Å². The maximum atomic E-state index is 13.9. The van der Waals surface area contributed by atoms with Crippen molar-refractivity contribution >= 4 is 35.6 Å². The summed E-state index contributed by atoms with van der Waals surface area (Å²) in [5, 5.41) is 6.55. The van der Waals surface area contributed by atoms with Gasteiger partial charge in [0.15, 0.2) is 17.5 Å². The van der Waals surface area contributed by atoms with Crippen molar-refractivity contribution in [1.82, 2.24) is 5.32 Å². The Bertz CT molecular complexity index is 785. The van der Waals surface area contributed by atoms with Crippen LogP contribution in [0.4, 0.5) is 10.1 Å². The summed E-state index contributed by atoms with van der Waals surface area (Å²) in [6.45, 7) is 0. The summed E-state index contributed by atoms with van der Waals surface area (Å²) in [6.07, 6.45) is 0.883. The smallest absolute Gasteiger partial charge is 0.195 e. The van der Waals surface area contributed by atoms with Crippen LogP contribution in [0.5, 0.6) is 11.5 Å². The number of nitrogens with one attached hydrogen (secondary N) is 2. The number of rotatable bonds is 5. The number of aliphatic imine (C=N–C) groups is 1. The third-order valence-electron chi connectivity index (χ3n) is 4.29. The number of ether oxygens (including phenoxy) is 2. The molecule has 2 unspecified atom stereocenters. The first-order chi connectivity index (χ1) is 12.2. The van der Waals surface area contributed by atoms with Gasteiger partial charge >= 0.3 is 0 Å². The molecule has 0 aromatic heterocycles. The lowest BCUT2D eigenvalue weighted by Gasteiger charge is -2.14. The number of benzene rings is 2. The van der Waals surface area contributed by atoms with E-state index in [2.05, 4.69) is 15.6 Å². The summed E-state index contributed by atoms with van der Waals surface area (Å²) >= 11 is 0. The Labute approximate surface area is 170 Å². The number of nitrogens with zero attached hydrogens (tertiary/aromatic N) is 1. The van der Waals surface area contributed by atoms with E-state index in [4.69, 9.17) is 9.47 Å². The number of hydrogen-bond donors (Lipinski definition) is 2. The summed E-state index contributed by atoms with van der Waals surface area (Å²) in [4.78, 5) is 4.24. The number of halogens is 2. The van der Waals surface area contributed by atoms with Crippen LogP contribution >= 0.6 is 24.0 Å². The second-order valence-electron chi connectivity index (χ2n) is 5.88. The lowest BCUT2D eigenvalue weighted by Crippen LogP contribution is -2.33. The Kier molecular flexibility index (Phi) is 7.07. The van der Waals surface area contributed by atoms with Gasteiger partial charge in [-0.3, -0.25) is 4.99 Å². The van der Waals surface area contributed by atoms with E-state index >= 15 is 0 Å². The van der Waals surface area contributed by atoms with E-state index in [0.29, 0.717) is 17.5 Å². The minimum atomic E-state index is -0.153. The highest BCUT2D eigenvalue weighted by atomic mass is 127. The molecule has 0 aliphatic heterocycles. The fourth-order valence-corrected chi connectivity index (χ4v) is 2.86. The van der Waals surface area contributed by atoms with Crippen molar-refractivity contribution in [3.8, 4) is 11.5 Å². The molecule has 7 heteroatoms. The molecule has 1 aliphatic carbocycles. The Morgan fingerprint density at radius 1 is 1.12 bits per heavy atom. The van der Waals surface area contributed by atoms with Crippen molar-refractivity contribution in [3.05, 3.63) is 53.8 Å². The molecule has 0 heterocycles. The maximum Gasteiger partial charge on any atom is 0.195 e. The van der Waals surface area contributed by atoms with Crippen molar-refractivity contribution < 1.29 is 13.9 Å². The van der Waals surface area contributed by atoms with Crippen LogP contribution in [0.3, 0.4) is 0 Å². The molecule has 1 saturated carbocycles. The molecule has 3 rings (SSSR count). The van der Waals surface area contributed by atoms with Crippen molar-refractivity contribution in [2.75, 3.05) is 26.6 Å². The first kappa shape index (κ1) is 20.3. The van der Waals surface area contributed by atoms with E-state index in [9.17, 15) is 4.39 Å². The molecule has 0 bridgehead atoms. The van der Waals surface area contributed by atoms with Crippen LogP contribution in [0.15, 0.2) is 47.5 Å². The highest BCUT2D eigenvalue weighted by molar-refractivity contribution is 14.0. The van der Waals surface area contributed by atoms with Gasteiger partial charge < -0.3 is 20.1 Å². The summed E-state index contributed by atoms with van der Waals surface area (Å²) in [5.74, 6) is 1.96. The molecular formula is C19H23FIN3O2. The van der Waals surface area contributed by atoms with Crippen LogP contribution < -0.4 is 20.1 Å². The van der Waals surface area contributed by atoms with Crippen LogP contribution in [0.2, 0.25) is 0 Å². The van der Waals surface area contributed by atoms with E-state index in [1.54, 1.807) is 27.3 Å². The molecule has 5 nitrogen and oxygen atoms in total. The third kappa shape index (κ3) is 4.57. The Balaban J connectivity index is 0.00000243. The molecule has 2 atom stereocenters. The Morgan fingerprint density at radius 3 is 2.50 bits per heavy atom. The van der Waals surface area contributed by atoms with Gasteiger partial charge in [0.2, 0.25) is 0 Å². The summed E-state index contributed by atoms with van der Waals surface area (Å²) in [5.41, 5.74) is 1.58. The van der Waals surface area contributed by atoms with Crippen molar-refractivity contribution in [3.63, 3.8) is 0 Å².